The van der Waals surface area contributed by atoms with E-state index in [9.17, 15) is 0 Å². The summed E-state index contributed by atoms with van der Waals surface area (Å²) in [5.41, 5.74) is 1.14. The molecule has 0 radical (unpaired) electrons. The summed E-state index contributed by atoms with van der Waals surface area (Å²) in [6.45, 7) is 3.58. The van der Waals surface area contributed by atoms with Crippen LogP contribution in [0.4, 0.5) is 0 Å². The van der Waals surface area contributed by atoms with E-state index in [1.807, 2.05) is 18.5 Å². The van der Waals surface area contributed by atoms with Crippen LogP contribution in [0.25, 0.3) is 6.08 Å². The highest BCUT2D eigenvalue weighted by atomic mass is 14.6. The molecule has 0 saturated heterocycles. The minimum absolute atomic E-state index is 1.14. The molecule has 1 aromatic rings. The molecule has 0 aliphatic rings. The van der Waals surface area contributed by atoms with Gasteiger partial charge in [-0.3, -0.25) is 0 Å². The van der Waals surface area contributed by atoms with E-state index in [1.165, 1.54) is 0 Å². The fraction of sp³-hybridized carbons (Fsp3) is 0. The third-order valence-corrected chi connectivity index (χ3v) is 0.858. The van der Waals surface area contributed by atoms with E-state index in [4.69, 9.17) is 0 Å². The van der Waals surface area contributed by atoms with Crippen molar-refractivity contribution in [3.8, 4) is 0 Å². The van der Waals surface area contributed by atoms with E-state index >= 15 is 0 Å². The van der Waals surface area contributed by atoms with Crippen LogP contribution in [0.3, 0.4) is 0 Å². The molecule has 0 aromatic carbocycles. The lowest BCUT2D eigenvalue weighted by Crippen LogP contribution is -1.52. The first kappa shape index (κ1) is 4.19. The van der Waals surface area contributed by atoms with Crippen molar-refractivity contribution in [3.05, 3.63) is 30.6 Å². The van der Waals surface area contributed by atoms with Gasteiger partial charge in [0.15, 0.2) is 0 Å². The molecule has 1 nitrogen and oxygen atoms in total. The van der Waals surface area contributed by atoms with E-state index in [2.05, 4.69) is 11.6 Å². The van der Waals surface area contributed by atoms with Crippen molar-refractivity contribution in [3.63, 3.8) is 0 Å². The zero-order valence-corrected chi connectivity index (χ0v) is 4.02. The van der Waals surface area contributed by atoms with Crippen LogP contribution < -0.4 is 0 Å². The van der Waals surface area contributed by atoms with Crippen molar-refractivity contribution in [2.45, 2.75) is 0 Å². The molecule has 0 spiro atoms. The first-order valence-corrected chi connectivity index (χ1v) is 2.18. The third kappa shape index (κ3) is 0.712. The standard InChI is InChI=1S/C6H7N/c1-2-6-3-4-7-5-6/h2-5,7H,1H2. The summed E-state index contributed by atoms with van der Waals surface area (Å²) in [6.07, 6.45) is 5.57. The van der Waals surface area contributed by atoms with Gasteiger partial charge in [-0.1, -0.05) is 12.7 Å². The molecular weight excluding hydrogens is 86.1 g/mol. The second kappa shape index (κ2) is 1.65. The van der Waals surface area contributed by atoms with Crippen LogP contribution in [-0.2, 0) is 0 Å². The number of rotatable bonds is 1. The molecule has 1 heteroatoms. The molecule has 0 fully saturated rings. The summed E-state index contributed by atoms with van der Waals surface area (Å²) in [4.78, 5) is 2.91. The van der Waals surface area contributed by atoms with E-state index < -0.39 is 0 Å². The van der Waals surface area contributed by atoms with Crippen LogP contribution in [0.2, 0.25) is 0 Å². The maximum Gasteiger partial charge on any atom is 0.00778 e. The number of H-pyrrole nitrogens is 1. The monoisotopic (exact) mass is 93.1 g/mol. The fourth-order valence-corrected chi connectivity index (χ4v) is 0.464. The van der Waals surface area contributed by atoms with Crippen LogP contribution in [0, 0.1) is 0 Å². The molecule has 0 atom stereocenters. The number of hydrogen-bond acceptors (Lipinski definition) is 0. The minimum Gasteiger partial charge on any atom is -0.367 e. The Morgan fingerprint density at radius 1 is 1.71 bits per heavy atom. The summed E-state index contributed by atoms with van der Waals surface area (Å²) in [7, 11) is 0. The summed E-state index contributed by atoms with van der Waals surface area (Å²) in [5, 5.41) is 0. The second-order valence-electron chi connectivity index (χ2n) is 1.35. The van der Waals surface area contributed by atoms with Gasteiger partial charge >= 0.3 is 0 Å². The van der Waals surface area contributed by atoms with Crippen LogP contribution >= 0.6 is 0 Å². The molecule has 36 valence electrons. The molecular formula is C6H7N. The van der Waals surface area contributed by atoms with Gasteiger partial charge in [0.25, 0.3) is 0 Å². The van der Waals surface area contributed by atoms with E-state index in [0.29, 0.717) is 0 Å². The van der Waals surface area contributed by atoms with Gasteiger partial charge in [-0.25, -0.2) is 0 Å². The number of aromatic nitrogens is 1. The van der Waals surface area contributed by atoms with Gasteiger partial charge in [-0.2, -0.15) is 0 Å². The molecule has 1 aromatic heterocycles. The van der Waals surface area contributed by atoms with E-state index in [0.717, 1.165) is 5.56 Å². The van der Waals surface area contributed by atoms with Gasteiger partial charge < -0.3 is 4.98 Å². The lowest BCUT2D eigenvalue weighted by Gasteiger charge is -1.71. The summed E-state index contributed by atoms with van der Waals surface area (Å²) in [5.74, 6) is 0. The molecule has 0 aliphatic carbocycles. The first-order chi connectivity index (χ1) is 3.43. The Hall–Kier alpha value is -0.980. The SMILES string of the molecule is C=Cc1cc[nH]c1. The molecule has 0 amide bonds. The highest BCUT2D eigenvalue weighted by Gasteiger charge is 1.77. The average molecular weight is 93.1 g/mol. The number of aromatic amines is 1. The highest BCUT2D eigenvalue weighted by Crippen LogP contribution is 1.95. The van der Waals surface area contributed by atoms with E-state index in [1.54, 1.807) is 6.08 Å². The van der Waals surface area contributed by atoms with Crippen molar-refractivity contribution in [2.75, 3.05) is 0 Å². The molecule has 0 bridgehead atoms. The predicted molar refractivity (Wildman–Crippen MR) is 30.9 cm³/mol. The Balaban J connectivity index is 2.96. The zero-order chi connectivity index (χ0) is 5.11. The molecule has 1 heterocycles. The maximum atomic E-state index is 3.58. The Bertz CT molecular complexity index is 139. The average Bonchev–Trinajstić information content (AvgIpc) is 2.14. The molecule has 7 heavy (non-hydrogen) atoms. The second-order valence-corrected chi connectivity index (χ2v) is 1.35. The largest absolute Gasteiger partial charge is 0.367 e. The van der Waals surface area contributed by atoms with Crippen LogP contribution in [0.5, 0.6) is 0 Å². The van der Waals surface area contributed by atoms with Crippen molar-refractivity contribution >= 4 is 6.08 Å². The fourth-order valence-electron chi connectivity index (χ4n) is 0.464. The third-order valence-electron chi connectivity index (χ3n) is 0.858. The normalized spacial score (nSPS) is 8.57. The Morgan fingerprint density at radius 2 is 2.57 bits per heavy atom. The minimum atomic E-state index is 1.14. The lowest BCUT2D eigenvalue weighted by molar-refractivity contribution is 1.41. The van der Waals surface area contributed by atoms with Gasteiger partial charge in [-0.15, -0.1) is 0 Å². The molecule has 0 saturated carbocycles. The van der Waals surface area contributed by atoms with Gasteiger partial charge in [0, 0.05) is 12.4 Å². The Kier molecular flexibility index (Phi) is 0.984. The smallest absolute Gasteiger partial charge is 0.00778 e. The lowest BCUT2D eigenvalue weighted by atomic mass is 10.3. The van der Waals surface area contributed by atoms with Crippen molar-refractivity contribution in [1.82, 2.24) is 4.98 Å². The van der Waals surface area contributed by atoms with Gasteiger partial charge in [0.1, 0.15) is 0 Å². The topological polar surface area (TPSA) is 15.8 Å². The quantitative estimate of drug-likeness (QED) is 0.543. The molecule has 0 aliphatic heterocycles. The maximum absolute atomic E-state index is 3.58. The molecule has 0 unspecified atom stereocenters. The van der Waals surface area contributed by atoms with Gasteiger partial charge in [0.05, 0.1) is 0 Å². The Labute approximate surface area is 42.7 Å². The Morgan fingerprint density at radius 3 is 2.86 bits per heavy atom. The van der Waals surface area contributed by atoms with Gasteiger partial charge in [-0.05, 0) is 11.6 Å². The highest BCUT2D eigenvalue weighted by molar-refractivity contribution is 5.44. The number of hydrogen-bond donors (Lipinski definition) is 1. The van der Waals surface area contributed by atoms with Crippen molar-refractivity contribution < 1.29 is 0 Å². The van der Waals surface area contributed by atoms with Gasteiger partial charge in [0.2, 0.25) is 0 Å². The molecule has 1 rings (SSSR count). The van der Waals surface area contributed by atoms with E-state index in [-0.39, 0.29) is 0 Å². The van der Waals surface area contributed by atoms with Crippen LogP contribution in [-0.4, -0.2) is 4.98 Å². The predicted octanol–water partition coefficient (Wildman–Crippen LogP) is 1.66. The summed E-state index contributed by atoms with van der Waals surface area (Å²) < 4.78 is 0. The summed E-state index contributed by atoms with van der Waals surface area (Å²) >= 11 is 0. The van der Waals surface area contributed by atoms with Crippen molar-refractivity contribution in [2.24, 2.45) is 0 Å². The summed E-state index contributed by atoms with van der Waals surface area (Å²) in [6, 6.07) is 1.97. The zero-order valence-electron chi connectivity index (χ0n) is 4.02. The van der Waals surface area contributed by atoms with Crippen LogP contribution in [0.15, 0.2) is 25.0 Å². The first-order valence-electron chi connectivity index (χ1n) is 2.18. The van der Waals surface area contributed by atoms with Crippen LogP contribution in [0.1, 0.15) is 5.56 Å². The number of nitrogens with one attached hydrogen (secondary N) is 1. The molecule has 1 N–H and O–H groups in total. The van der Waals surface area contributed by atoms with Crippen molar-refractivity contribution in [1.29, 1.82) is 0 Å².